The molecule has 1 saturated carbocycles. The number of benzene rings is 2. The van der Waals surface area contributed by atoms with E-state index in [1.807, 2.05) is 42.5 Å². The van der Waals surface area contributed by atoms with Crippen molar-refractivity contribution in [1.82, 2.24) is 20.2 Å². The molecule has 30 heavy (non-hydrogen) atoms. The lowest BCUT2D eigenvalue weighted by Crippen LogP contribution is -1.97. The van der Waals surface area contributed by atoms with Crippen molar-refractivity contribution in [3.8, 4) is 34.2 Å². The van der Waals surface area contributed by atoms with Crippen LogP contribution in [0.25, 0.3) is 32.8 Å². The lowest BCUT2D eigenvalue weighted by molar-refractivity contribution is 0.465. The fourth-order valence-corrected chi connectivity index (χ4v) is 4.40. The molecule has 0 radical (unpaired) electrons. The van der Waals surface area contributed by atoms with E-state index < -0.39 is 0 Å². The Bertz CT molecular complexity index is 1330. The smallest absolute Gasteiger partial charge is 0.247 e. The summed E-state index contributed by atoms with van der Waals surface area (Å²) in [5.41, 5.74) is 3.00. The Hall–Kier alpha value is -3.58. The molecule has 1 aliphatic carbocycles. The molecule has 0 atom stereocenters. The summed E-state index contributed by atoms with van der Waals surface area (Å²) in [4.78, 5) is 10.6. The zero-order valence-electron chi connectivity index (χ0n) is 15.9. The number of fused-ring (bicyclic) bond motifs is 1. The topological polar surface area (TPSA) is 73.9 Å². The van der Waals surface area contributed by atoms with Crippen molar-refractivity contribution in [1.29, 1.82) is 0 Å². The quantitative estimate of drug-likeness (QED) is 0.348. The molecular weight excluding hydrogens is 396 g/mol. The zero-order valence-corrected chi connectivity index (χ0v) is 16.7. The molecule has 0 saturated heterocycles. The molecule has 7 heteroatoms. The van der Waals surface area contributed by atoms with E-state index in [4.69, 9.17) is 19.1 Å². The van der Waals surface area contributed by atoms with Crippen molar-refractivity contribution in [2.45, 2.75) is 18.8 Å². The Balaban J connectivity index is 1.48. The molecule has 0 unspecified atom stereocenters. The lowest BCUT2D eigenvalue weighted by atomic mass is 10.1. The molecule has 3 heterocycles. The molecule has 0 aliphatic heterocycles. The maximum Gasteiger partial charge on any atom is 0.247 e. The summed E-state index contributed by atoms with van der Waals surface area (Å²) in [6.45, 7) is 0. The first kappa shape index (κ1) is 17.3. The summed E-state index contributed by atoms with van der Waals surface area (Å²) >= 11 is 1.63. The monoisotopic (exact) mass is 412 g/mol. The van der Waals surface area contributed by atoms with Crippen LogP contribution in [0.3, 0.4) is 0 Å². The van der Waals surface area contributed by atoms with Gasteiger partial charge in [0, 0.05) is 22.4 Å². The average Bonchev–Trinajstić information content (AvgIpc) is 3.32. The highest BCUT2D eigenvalue weighted by molar-refractivity contribution is 7.17. The van der Waals surface area contributed by atoms with Gasteiger partial charge in [-0.2, -0.15) is 4.98 Å². The number of rotatable bonds is 5. The molecule has 0 N–H and O–H groups in total. The summed E-state index contributed by atoms with van der Waals surface area (Å²) < 4.78 is 11.7. The maximum atomic E-state index is 6.34. The Labute approximate surface area is 176 Å². The van der Waals surface area contributed by atoms with Crippen LogP contribution in [0, 0.1) is 0 Å². The van der Waals surface area contributed by atoms with Crippen LogP contribution in [0.15, 0.2) is 70.8 Å². The summed E-state index contributed by atoms with van der Waals surface area (Å²) in [6.07, 6.45) is 3.58. The fraction of sp³-hybridized carbons (Fsp3) is 0.130. The van der Waals surface area contributed by atoms with Crippen molar-refractivity contribution >= 4 is 21.6 Å². The second kappa shape index (κ2) is 7.03. The van der Waals surface area contributed by atoms with Crippen LogP contribution >= 0.6 is 11.3 Å². The predicted molar refractivity (Wildman–Crippen MR) is 115 cm³/mol. The van der Waals surface area contributed by atoms with Crippen molar-refractivity contribution in [2.24, 2.45) is 0 Å². The number of ether oxygens (including phenoxy) is 1. The largest absolute Gasteiger partial charge is 0.438 e. The van der Waals surface area contributed by atoms with Gasteiger partial charge < -0.3 is 9.15 Å². The average molecular weight is 412 g/mol. The number of thiophene rings is 1. The summed E-state index contributed by atoms with van der Waals surface area (Å²) in [6, 6.07) is 17.9. The van der Waals surface area contributed by atoms with Gasteiger partial charge in [-0.05, 0) is 36.6 Å². The third-order valence-electron chi connectivity index (χ3n) is 5.10. The van der Waals surface area contributed by atoms with Gasteiger partial charge in [0.25, 0.3) is 0 Å². The molecule has 3 aromatic heterocycles. The van der Waals surface area contributed by atoms with Gasteiger partial charge in [-0.15, -0.1) is 21.5 Å². The third kappa shape index (κ3) is 3.13. The molecule has 1 aliphatic rings. The molecule has 0 spiro atoms. The second-order valence-electron chi connectivity index (χ2n) is 7.23. The van der Waals surface area contributed by atoms with Crippen LogP contribution in [0.1, 0.15) is 24.6 Å². The van der Waals surface area contributed by atoms with Crippen LogP contribution in [0.5, 0.6) is 11.6 Å². The van der Waals surface area contributed by atoms with Gasteiger partial charge in [0.15, 0.2) is 0 Å². The molecule has 0 bridgehead atoms. The summed E-state index contributed by atoms with van der Waals surface area (Å²) in [7, 11) is 0. The Kier molecular flexibility index (Phi) is 4.06. The van der Waals surface area contributed by atoms with Crippen LogP contribution < -0.4 is 4.74 Å². The van der Waals surface area contributed by atoms with E-state index >= 15 is 0 Å². The molecule has 0 amide bonds. The van der Waals surface area contributed by atoms with E-state index in [0.717, 1.165) is 45.6 Å². The van der Waals surface area contributed by atoms with Crippen LogP contribution in [-0.4, -0.2) is 20.2 Å². The number of nitrogens with zero attached hydrogens (tertiary/aromatic N) is 4. The molecule has 6 nitrogen and oxygen atoms in total. The van der Waals surface area contributed by atoms with E-state index in [1.54, 1.807) is 11.3 Å². The Morgan fingerprint density at radius 1 is 0.967 bits per heavy atom. The van der Waals surface area contributed by atoms with Crippen molar-refractivity contribution in [3.63, 3.8) is 0 Å². The minimum absolute atomic E-state index is 0.434. The Morgan fingerprint density at radius 2 is 1.83 bits per heavy atom. The third-order valence-corrected chi connectivity index (χ3v) is 5.97. The highest BCUT2D eigenvalue weighted by atomic mass is 32.1. The number of aromatic nitrogens is 4. The highest BCUT2D eigenvalue weighted by Gasteiger charge is 2.29. The molecular formula is C23H16N4O2S. The van der Waals surface area contributed by atoms with Crippen LogP contribution in [0.2, 0.25) is 0 Å². The lowest BCUT2D eigenvalue weighted by Gasteiger charge is -2.10. The SMILES string of the molecule is c1ccc(-c2csc3nc(C4CC4)nc(Oc4cccc(-c5nnco5)c4)c23)cc1. The summed E-state index contributed by atoms with van der Waals surface area (Å²) in [5, 5.41) is 10.8. The molecule has 146 valence electrons. The molecule has 6 rings (SSSR count). The number of hydrogen-bond acceptors (Lipinski definition) is 7. The molecule has 1 fully saturated rings. The van der Waals surface area contributed by atoms with Crippen LogP contribution in [0.4, 0.5) is 0 Å². The van der Waals surface area contributed by atoms with Gasteiger partial charge >= 0.3 is 0 Å². The fourth-order valence-electron chi connectivity index (χ4n) is 3.46. The van der Waals surface area contributed by atoms with Gasteiger partial charge in [-0.25, -0.2) is 4.98 Å². The van der Waals surface area contributed by atoms with E-state index in [2.05, 4.69) is 27.7 Å². The molecule has 5 aromatic rings. The zero-order chi connectivity index (χ0) is 19.9. The van der Waals surface area contributed by atoms with E-state index in [0.29, 0.717) is 23.4 Å². The van der Waals surface area contributed by atoms with Gasteiger partial charge in [0.1, 0.15) is 16.4 Å². The normalized spacial score (nSPS) is 13.6. The minimum atomic E-state index is 0.434. The van der Waals surface area contributed by atoms with E-state index in [1.165, 1.54) is 6.39 Å². The van der Waals surface area contributed by atoms with Crippen LogP contribution in [-0.2, 0) is 0 Å². The first-order valence-electron chi connectivity index (χ1n) is 9.74. The van der Waals surface area contributed by atoms with Gasteiger partial charge in [-0.1, -0.05) is 36.4 Å². The standard InChI is InChI=1S/C23H16N4O2S/c1-2-5-14(6-3-1)18-12-30-23-19(18)22(25-20(26-23)15-9-10-15)29-17-8-4-7-16(11-17)21-27-24-13-28-21/h1-8,11-13,15H,9-10H2. The van der Waals surface area contributed by atoms with Gasteiger partial charge in [-0.3, -0.25) is 0 Å². The van der Waals surface area contributed by atoms with Gasteiger partial charge in [0.2, 0.25) is 18.2 Å². The highest BCUT2D eigenvalue weighted by Crippen LogP contribution is 2.44. The number of hydrogen-bond donors (Lipinski definition) is 0. The molecule has 2 aromatic carbocycles. The maximum absolute atomic E-state index is 6.34. The van der Waals surface area contributed by atoms with Crippen molar-refractivity contribution in [2.75, 3.05) is 0 Å². The minimum Gasteiger partial charge on any atom is -0.438 e. The van der Waals surface area contributed by atoms with E-state index in [9.17, 15) is 0 Å². The van der Waals surface area contributed by atoms with Crippen molar-refractivity contribution in [3.05, 3.63) is 72.2 Å². The first-order valence-corrected chi connectivity index (χ1v) is 10.6. The predicted octanol–water partition coefficient (Wildman–Crippen LogP) is 6.08. The Morgan fingerprint density at radius 3 is 2.63 bits per heavy atom. The first-order chi connectivity index (χ1) is 14.8. The van der Waals surface area contributed by atoms with Crippen molar-refractivity contribution < 1.29 is 9.15 Å². The second-order valence-corrected chi connectivity index (χ2v) is 8.09. The van der Waals surface area contributed by atoms with Gasteiger partial charge in [0.05, 0.1) is 5.39 Å². The summed E-state index contributed by atoms with van der Waals surface area (Å²) in [5.74, 6) is 3.01. The van der Waals surface area contributed by atoms with E-state index in [-0.39, 0.29) is 0 Å².